The van der Waals surface area contributed by atoms with Gasteiger partial charge in [-0.15, -0.1) is 0 Å². The monoisotopic (exact) mass is 482 g/mol. The number of hydrogen-bond acceptors (Lipinski definition) is 3. The van der Waals surface area contributed by atoms with E-state index in [0.717, 1.165) is 5.75 Å². The van der Waals surface area contributed by atoms with Crippen LogP contribution in [0.4, 0.5) is 4.39 Å². The molecule has 0 unspecified atom stereocenters. The van der Waals surface area contributed by atoms with Crippen LogP contribution in [0.1, 0.15) is 6.42 Å². The van der Waals surface area contributed by atoms with Gasteiger partial charge in [0, 0.05) is 23.6 Å². The van der Waals surface area contributed by atoms with Crippen molar-refractivity contribution < 1.29 is 18.6 Å². The first-order valence-electron chi connectivity index (χ1n) is 7.60. The zero-order chi connectivity index (χ0) is 18.9. The van der Waals surface area contributed by atoms with Crippen LogP contribution < -0.4 is 14.2 Å². The third-order valence-corrected chi connectivity index (χ3v) is 4.21. The van der Waals surface area contributed by atoms with Crippen LogP contribution in [0.15, 0.2) is 47.2 Å². The Morgan fingerprint density at radius 1 is 0.923 bits per heavy atom. The minimum absolute atomic E-state index is 0.0476. The Morgan fingerprint density at radius 2 is 1.54 bits per heavy atom. The molecule has 0 radical (unpaired) electrons. The highest BCUT2D eigenvalue weighted by molar-refractivity contribution is 9.11. The van der Waals surface area contributed by atoms with E-state index in [-0.39, 0.29) is 6.61 Å². The predicted molar refractivity (Wildman–Crippen MR) is 107 cm³/mol. The summed E-state index contributed by atoms with van der Waals surface area (Å²) in [5, 5.41) is 1.29. The van der Waals surface area contributed by atoms with Crippen molar-refractivity contribution in [1.82, 2.24) is 0 Å². The summed E-state index contributed by atoms with van der Waals surface area (Å²) in [6.45, 7) is 0.902. The molecule has 0 N–H and O–H groups in total. The lowest BCUT2D eigenvalue weighted by molar-refractivity contribution is 0.247. The zero-order valence-corrected chi connectivity index (χ0v) is 17.3. The summed E-state index contributed by atoms with van der Waals surface area (Å²) in [5.41, 5.74) is 0. The van der Waals surface area contributed by atoms with Crippen LogP contribution in [-0.2, 0) is 0 Å². The lowest BCUT2D eigenvalue weighted by Gasteiger charge is -2.12. The summed E-state index contributed by atoms with van der Waals surface area (Å²) in [7, 11) is 0. The smallest absolute Gasteiger partial charge is 0.165 e. The van der Waals surface area contributed by atoms with Gasteiger partial charge in [0.15, 0.2) is 10.5 Å². The molecule has 8 heteroatoms. The Bertz CT molecular complexity index is 727. The first-order chi connectivity index (χ1) is 12.5. The molecular formula is C18H15BrCl3FO3. The van der Waals surface area contributed by atoms with E-state index in [9.17, 15) is 4.39 Å². The Kier molecular flexibility index (Phi) is 8.85. The van der Waals surface area contributed by atoms with E-state index in [1.807, 2.05) is 0 Å². The number of rotatable bonds is 9. The first kappa shape index (κ1) is 21.2. The molecule has 0 heterocycles. The maximum atomic E-state index is 12.6. The number of halogens is 5. The number of benzene rings is 2. The van der Waals surface area contributed by atoms with Crippen LogP contribution in [0.5, 0.6) is 17.2 Å². The van der Waals surface area contributed by atoms with Crippen molar-refractivity contribution in [2.45, 2.75) is 6.42 Å². The highest BCUT2D eigenvalue weighted by atomic mass is 79.9. The molecule has 0 aliphatic heterocycles. The largest absolute Gasteiger partial charge is 0.493 e. The van der Waals surface area contributed by atoms with Crippen molar-refractivity contribution in [3.05, 3.63) is 62.3 Å². The van der Waals surface area contributed by atoms with Gasteiger partial charge in [-0.3, -0.25) is 0 Å². The SMILES string of the molecule is F/C(Br)=C/COc1cc(Cl)c(OCCCOc2ccc(Cl)cc2)c(Cl)c1. The maximum Gasteiger partial charge on any atom is 0.165 e. The van der Waals surface area contributed by atoms with Crippen LogP contribution in [0.2, 0.25) is 15.1 Å². The van der Waals surface area contributed by atoms with Gasteiger partial charge in [-0.1, -0.05) is 34.8 Å². The van der Waals surface area contributed by atoms with Crippen molar-refractivity contribution in [1.29, 1.82) is 0 Å². The third-order valence-electron chi connectivity index (χ3n) is 3.08. The van der Waals surface area contributed by atoms with Gasteiger partial charge in [0.1, 0.15) is 18.1 Å². The minimum Gasteiger partial charge on any atom is -0.493 e. The number of ether oxygens (including phenoxy) is 3. The molecule has 26 heavy (non-hydrogen) atoms. The molecule has 0 spiro atoms. The van der Waals surface area contributed by atoms with E-state index in [0.29, 0.717) is 46.2 Å². The number of hydrogen-bond donors (Lipinski definition) is 0. The molecule has 2 rings (SSSR count). The van der Waals surface area contributed by atoms with Crippen LogP contribution in [0, 0.1) is 0 Å². The van der Waals surface area contributed by atoms with Crippen molar-refractivity contribution in [3.63, 3.8) is 0 Å². The molecule has 0 aliphatic rings. The average molecular weight is 485 g/mol. The zero-order valence-electron chi connectivity index (χ0n) is 13.5. The molecule has 140 valence electrons. The lowest BCUT2D eigenvalue weighted by atomic mass is 10.3. The predicted octanol–water partition coefficient (Wildman–Crippen LogP) is 7.08. The summed E-state index contributed by atoms with van der Waals surface area (Å²) in [6, 6.07) is 10.2. The fraction of sp³-hybridized carbons (Fsp3) is 0.222. The first-order valence-corrected chi connectivity index (χ1v) is 9.52. The normalized spacial score (nSPS) is 11.3. The standard InChI is InChI=1S/C18H15BrCl3FO3/c19-17(23)6-9-25-14-10-15(21)18(16(22)11-14)26-8-1-7-24-13-4-2-12(20)3-5-13/h2-6,10-11H,1,7-9H2/b17-6+. The molecular weight excluding hydrogens is 469 g/mol. The molecule has 0 amide bonds. The van der Waals surface area contributed by atoms with Crippen LogP contribution in [0.3, 0.4) is 0 Å². The molecule has 0 aromatic heterocycles. The van der Waals surface area contributed by atoms with Crippen LogP contribution >= 0.6 is 50.7 Å². The van der Waals surface area contributed by atoms with Gasteiger partial charge in [-0.05, 0) is 46.3 Å². The lowest BCUT2D eigenvalue weighted by Crippen LogP contribution is -2.05. The molecule has 2 aromatic carbocycles. The fourth-order valence-corrected chi connectivity index (χ4v) is 2.75. The summed E-state index contributed by atoms with van der Waals surface area (Å²) in [6.07, 6.45) is 1.87. The molecule has 0 atom stereocenters. The molecule has 0 saturated carbocycles. The molecule has 0 aliphatic carbocycles. The van der Waals surface area contributed by atoms with Gasteiger partial charge in [-0.2, -0.15) is 4.39 Å². The second-order valence-electron chi connectivity index (χ2n) is 5.03. The topological polar surface area (TPSA) is 27.7 Å². The van der Waals surface area contributed by atoms with E-state index in [1.54, 1.807) is 36.4 Å². The molecule has 0 saturated heterocycles. The second kappa shape index (κ2) is 10.9. The Labute approximate surface area is 174 Å². The van der Waals surface area contributed by atoms with Gasteiger partial charge in [0.2, 0.25) is 0 Å². The van der Waals surface area contributed by atoms with Gasteiger partial charge in [-0.25, -0.2) is 0 Å². The molecule has 0 fully saturated rings. The van der Waals surface area contributed by atoms with E-state index in [2.05, 4.69) is 15.9 Å². The highest BCUT2D eigenvalue weighted by Gasteiger charge is 2.10. The Hall–Kier alpha value is -1.14. The maximum absolute atomic E-state index is 12.6. The molecule has 0 bridgehead atoms. The van der Waals surface area contributed by atoms with E-state index >= 15 is 0 Å². The van der Waals surface area contributed by atoms with Crippen LogP contribution in [0.25, 0.3) is 0 Å². The van der Waals surface area contributed by atoms with E-state index in [1.165, 1.54) is 6.08 Å². The van der Waals surface area contributed by atoms with Crippen molar-refractivity contribution >= 4 is 50.7 Å². The Balaban J connectivity index is 1.79. The van der Waals surface area contributed by atoms with Crippen molar-refractivity contribution in [3.8, 4) is 17.2 Å². The summed E-state index contributed by atoms with van der Waals surface area (Å²) in [4.78, 5) is 0. The van der Waals surface area contributed by atoms with Gasteiger partial charge in [0.05, 0.1) is 23.3 Å². The average Bonchev–Trinajstić information content (AvgIpc) is 2.58. The van der Waals surface area contributed by atoms with Crippen molar-refractivity contribution in [2.75, 3.05) is 19.8 Å². The van der Waals surface area contributed by atoms with Gasteiger partial charge in [0.25, 0.3) is 0 Å². The van der Waals surface area contributed by atoms with Gasteiger partial charge >= 0.3 is 0 Å². The van der Waals surface area contributed by atoms with Crippen molar-refractivity contribution in [2.24, 2.45) is 0 Å². The molecule has 3 nitrogen and oxygen atoms in total. The highest BCUT2D eigenvalue weighted by Crippen LogP contribution is 2.37. The summed E-state index contributed by atoms with van der Waals surface area (Å²) >= 11 is 20.8. The minimum atomic E-state index is -0.504. The summed E-state index contributed by atoms with van der Waals surface area (Å²) < 4.78 is 28.6. The summed E-state index contributed by atoms with van der Waals surface area (Å²) in [5.74, 6) is 1.53. The third kappa shape index (κ3) is 7.23. The van der Waals surface area contributed by atoms with E-state index < -0.39 is 4.74 Å². The van der Waals surface area contributed by atoms with E-state index in [4.69, 9.17) is 49.0 Å². The Morgan fingerprint density at radius 3 is 2.15 bits per heavy atom. The second-order valence-corrected chi connectivity index (χ2v) is 7.03. The van der Waals surface area contributed by atoms with Gasteiger partial charge < -0.3 is 14.2 Å². The quantitative estimate of drug-likeness (QED) is 0.356. The molecule has 2 aromatic rings. The van der Waals surface area contributed by atoms with Crippen LogP contribution in [-0.4, -0.2) is 19.8 Å². The fourth-order valence-electron chi connectivity index (χ4n) is 1.91.